The molecule has 3 aromatic rings. The van der Waals surface area contributed by atoms with Crippen LogP contribution < -0.4 is 5.32 Å². The van der Waals surface area contributed by atoms with Gasteiger partial charge in [-0.25, -0.2) is 9.37 Å². The van der Waals surface area contributed by atoms with Gasteiger partial charge >= 0.3 is 0 Å². The molecule has 0 unspecified atom stereocenters. The molecule has 1 fully saturated rings. The van der Waals surface area contributed by atoms with E-state index >= 15 is 0 Å². The molecule has 1 saturated heterocycles. The zero-order valence-electron chi connectivity index (χ0n) is 16.0. The molecule has 0 aliphatic carbocycles. The Bertz CT molecular complexity index is 1060. The maximum absolute atomic E-state index is 13.4. The van der Waals surface area contributed by atoms with Crippen molar-refractivity contribution in [2.75, 3.05) is 18.4 Å². The molecule has 2 aliphatic heterocycles. The van der Waals surface area contributed by atoms with E-state index in [2.05, 4.69) is 32.3 Å². The second kappa shape index (κ2) is 7.31. The number of fused-ring (bicyclic) bond motifs is 2. The van der Waals surface area contributed by atoms with Crippen molar-refractivity contribution in [1.82, 2.24) is 24.6 Å². The molecule has 9 heteroatoms. The van der Waals surface area contributed by atoms with Crippen LogP contribution in [0.5, 0.6) is 0 Å². The molecule has 1 amide bonds. The van der Waals surface area contributed by atoms with Crippen molar-refractivity contribution in [2.45, 2.75) is 26.4 Å². The Balaban J connectivity index is 1.29. The molecule has 0 saturated carbocycles. The predicted octanol–water partition coefficient (Wildman–Crippen LogP) is 2.74. The van der Waals surface area contributed by atoms with Crippen LogP contribution in [0.15, 0.2) is 29.8 Å². The van der Waals surface area contributed by atoms with Crippen LogP contribution in [0.3, 0.4) is 0 Å². The van der Waals surface area contributed by atoms with Gasteiger partial charge in [-0.1, -0.05) is 6.07 Å². The zero-order chi connectivity index (χ0) is 20.0. The van der Waals surface area contributed by atoms with Gasteiger partial charge in [0.15, 0.2) is 0 Å². The molecule has 1 N–H and O–H groups in total. The van der Waals surface area contributed by atoms with Gasteiger partial charge in [0, 0.05) is 43.2 Å². The van der Waals surface area contributed by atoms with Crippen LogP contribution in [0, 0.1) is 24.6 Å². The Kier molecular flexibility index (Phi) is 4.63. The van der Waals surface area contributed by atoms with Gasteiger partial charge in [-0.05, 0) is 37.0 Å². The first-order chi connectivity index (χ1) is 14.1. The summed E-state index contributed by atoms with van der Waals surface area (Å²) in [5, 5.41) is 11.1. The highest BCUT2D eigenvalue weighted by Crippen LogP contribution is 2.34. The quantitative estimate of drug-likeness (QED) is 0.713. The summed E-state index contributed by atoms with van der Waals surface area (Å²) in [6.07, 6.45) is 0.823. The number of amides is 1. The number of nitrogens with zero attached hydrogens (tertiary/aromatic N) is 5. The Hall–Kier alpha value is -2.65. The normalized spacial score (nSPS) is 21.0. The van der Waals surface area contributed by atoms with Crippen LogP contribution in [0.25, 0.3) is 0 Å². The molecule has 4 heterocycles. The minimum Gasteiger partial charge on any atom is -0.319 e. The van der Waals surface area contributed by atoms with E-state index in [0.717, 1.165) is 44.1 Å². The summed E-state index contributed by atoms with van der Waals surface area (Å²) in [6.45, 7) is 5.73. The first kappa shape index (κ1) is 18.4. The fraction of sp³-hybridized carbons (Fsp3) is 0.400. The lowest BCUT2D eigenvalue weighted by Gasteiger charge is -2.25. The number of hydrogen-bond acceptors (Lipinski definition) is 6. The lowest BCUT2D eigenvalue weighted by molar-refractivity contribution is 0.100. The van der Waals surface area contributed by atoms with Gasteiger partial charge in [-0.15, -0.1) is 21.5 Å². The third kappa shape index (κ3) is 3.56. The fourth-order valence-corrected chi connectivity index (χ4v) is 5.17. The molecule has 2 aromatic heterocycles. The SMILES string of the molecule is Cc1ncsc1CN1C[C@H]2Cc3nnc(C(=O)Nc4cccc(F)c4)n3C[C@H]2C1. The number of benzene rings is 1. The van der Waals surface area contributed by atoms with Crippen molar-refractivity contribution in [1.29, 1.82) is 0 Å². The van der Waals surface area contributed by atoms with E-state index in [-0.39, 0.29) is 5.91 Å². The molecule has 2 atom stereocenters. The lowest BCUT2D eigenvalue weighted by Crippen LogP contribution is -2.31. The monoisotopic (exact) mass is 412 g/mol. The number of aromatic nitrogens is 4. The minimum absolute atomic E-state index is 0.291. The summed E-state index contributed by atoms with van der Waals surface area (Å²) in [5.74, 6) is 1.39. The summed E-state index contributed by atoms with van der Waals surface area (Å²) in [6, 6.07) is 5.85. The molecule has 0 bridgehead atoms. The Morgan fingerprint density at radius 2 is 2.14 bits per heavy atom. The third-order valence-electron chi connectivity index (χ3n) is 5.84. The number of anilines is 1. The van der Waals surface area contributed by atoms with Crippen LogP contribution in [-0.4, -0.2) is 43.6 Å². The summed E-state index contributed by atoms with van der Waals surface area (Å²) >= 11 is 1.71. The minimum atomic E-state index is -0.392. The fourth-order valence-electron chi connectivity index (χ4n) is 4.35. The average Bonchev–Trinajstić information content (AvgIpc) is 3.38. The van der Waals surface area contributed by atoms with E-state index in [0.29, 0.717) is 23.3 Å². The summed E-state index contributed by atoms with van der Waals surface area (Å²) in [5.41, 5.74) is 3.42. The Labute approximate surface area is 171 Å². The number of hydrogen-bond donors (Lipinski definition) is 1. The van der Waals surface area contributed by atoms with Crippen molar-refractivity contribution < 1.29 is 9.18 Å². The molecule has 29 heavy (non-hydrogen) atoms. The predicted molar refractivity (Wildman–Crippen MR) is 107 cm³/mol. The van der Waals surface area contributed by atoms with Crippen molar-refractivity contribution in [3.63, 3.8) is 0 Å². The molecule has 2 aliphatic rings. The highest BCUT2D eigenvalue weighted by Gasteiger charge is 2.39. The number of thiazole rings is 1. The standard InChI is InChI=1S/C20H21FN6OS/c1-12-17(29-11-22-12)10-26-7-13-5-18-24-25-19(27(18)9-14(13)8-26)20(28)23-16-4-2-3-15(21)6-16/h2-4,6,11,13-14H,5,7-10H2,1H3,(H,23,28)/t13-,14-/m1/s1. The number of rotatable bonds is 4. The van der Waals surface area contributed by atoms with Gasteiger partial charge in [0.25, 0.3) is 5.91 Å². The number of nitrogens with one attached hydrogen (secondary N) is 1. The molecule has 1 aromatic carbocycles. The van der Waals surface area contributed by atoms with E-state index in [1.807, 2.05) is 10.1 Å². The number of aryl methyl sites for hydroxylation is 1. The van der Waals surface area contributed by atoms with Crippen molar-refractivity contribution in [3.05, 3.63) is 57.8 Å². The van der Waals surface area contributed by atoms with Gasteiger partial charge in [0.2, 0.25) is 5.82 Å². The second-order valence-electron chi connectivity index (χ2n) is 7.79. The molecular weight excluding hydrogens is 391 g/mol. The largest absolute Gasteiger partial charge is 0.319 e. The topological polar surface area (TPSA) is 75.9 Å². The third-order valence-corrected chi connectivity index (χ3v) is 6.76. The van der Waals surface area contributed by atoms with Crippen LogP contribution in [0.1, 0.15) is 27.0 Å². The van der Waals surface area contributed by atoms with E-state index in [4.69, 9.17) is 0 Å². The van der Waals surface area contributed by atoms with Crippen LogP contribution in [0.2, 0.25) is 0 Å². The smallest absolute Gasteiger partial charge is 0.293 e. The van der Waals surface area contributed by atoms with Gasteiger partial charge in [-0.3, -0.25) is 9.69 Å². The molecule has 5 rings (SSSR count). The van der Waals surface area contributed by atoms with Gasteiger partial charge in [0.1, 0.15) is 11.6 Å². The zero-order valence-corrected chi connectivity index (χ0v) is 16.8. The van der Waals surface area contributed by atoms with E-state index in [1.54, 1.807) is 23.5 Å². The second-order valence-corrected chi connectivity index (χ2v) is 8.73. The van der Waals surface area contributed by atoms with E-state index in [9.17, 15) is 9.18 Å². The highest BCUT2D eigenvalue weighted by molar-refractivity contribution is 7.09. The first-order valence-corrected chi connectivity index (χ1v) is 10.5. The number of likely N-dealkylation sites (tertiary alicyclic amines) is 1. The van der Waals surface area contributed by atoms with Crippen LogP contribution >= 0.6 is 11.3 Å². The highest BCUT2D eigenvalue weighted by atomic mass is 32.1. The number of carbonyl (C=O) groups is 1. The maximum Gasteiger partial charge on any atom is 0.293 e. The first-order valence-electron chi connectivity index (χ1n) is 9.67. The molecule has 150 valence electrons. The number of halogens is 1. The summed E-state index contributed by atoms with van der Waals surface area (Å²) in [7, 11) is 0. The van der Waals surface area contributed by atoms with Gasteiger partial charge in [0.05, 0.1) is 11.2 Å². The lowest BCUT2D eigenvalue weighted by atomic mass is 9.89. The molecule has 7 nitrogen and oxygen atoms in total. The average molecular weight is 412 g/mol. The number of carbonyl (C=O) groups excluding carboxylic acids is 1. The van der Waals surface area contributed by atoms with Crippen LogP contribution in [0.4, 0.5) is 10.1 Å². The summed E-state index contributed by atoms with van der Waals surface area (Å²) in [4.78, 5) is 20.8. The maximum atomic E-state index is 13.4. The van der Waals surface area contributed by atoms with E-state index in [1.165, 1.54) is 17.0 Å². The Morgan fingerprint density at radius 1 is 1.28 bits per heavy atom. The van der Waals surface area contributed by atoms with Crippen molar-refractivity contribution in [2.24, 2.45) is 11.8 Å². The molecule has 0 radical (unpaired) electrons. The Morgan fingerprint density at radius 3 is 2.93 bits per heavy atom. The van der Waals surface area contributed by atoms with Crippen LogP contribution in [-0.2, 0) is 19.5 Å². The molecule has 0 spiro atoms. The van der Waals surface area contributed by atoms with Gasteiger partial charge in [-0.2, -0.15) is 0 Å². The van der Waals surface area contributed by atoms with Crippen molar-refractivity contribution in [3.8, 4) is 0 Å². The summed E-state index contributed by atoms with van der Waals surface area (Å²) < 4.78 is 15.3. The van der Waals surface area contributed by atoms with Gasteiger partial charge < -0.3 is 9.88 Å². The van der Waals surface area contributed by atoms with Crippen molar-refractivity contribution >= 4 is 22.9 Å². The van der Waals surface area contributed by atoms with E-state index < -0.39 is 5.82 Å². The molecular formula is C20H21FN6OS.